The SMILES string of the molecule is Cc1c(Br)c(C(=O)Nc2cnn(COc3cccc(Cl)c3)c2)nn1C. The molecule has 0 fully saturated rings. The van der Waals surface area contributed by atoms with Crippen molar-refractivity contribution < 1.29 is 9.53 Å². The van der Waals surface area contributed by atoms with Crippen molar-refractivity contribution in [1.29, 1.82) is 0 Å². The van der Waals surface area contributed by atoms with E-state index in [1.54, 1.807) is 53.1 Å². The van der Waals surface area contributed by atoms with E-state index < -0.39 is 0 Å². The monoisotopic (exact) mass is 423 g/mol. The lowest BCUT2D eigenvalue weighted by Gasteiger charge is -2.06. The van der Waals surface area contributed by atoms with Gasteiger partial charge in [-0.25, -0.2) is 4.68 Å². The van der Waals surface area contributed by atoms with Crippen molar-refractivity contribution in [1.82, 2.24) is 19.6 Å². The van der Waals surface area contributed by atoms with Gasteiger partial charge in [0.1, 0.15) is 5.75 Å². The lowest BCUT2D eigenvalue weighted by molar-refractivity contribution is 0.102. The molecule has 0 spiro atoms. The molecule has 0 saturated heterocycles. The number of halogens is 2. The van der Waals surface area contributed by atoms with Gasteiger partial charge in [-0.05, 0) is 41.1 Å². The third-order valence-corrected chi connectivity index (χ3v) is 4.71. The molecule has 1 N–H and O–H groups in total. The standard InChI is InChI=1S/C16H15BrClN5O2/c1-10-14(17)15(21-22(10)2)16(24)20-12-7-19-23(8-12)9-25-13-5-3-4-11(18)6-13/h3-8H,9H2,1-2H3,(H,20,24). The number of rotatable bonds is 5. The van der Waals surface area contributed by atoms with Gasteiger partial charge >= 0.3 is 0 Å². The van der Waals surface area contributed by atoms with E-state index in [1.807, 2.05) is 6.92 Å². The van der Waals surface area contributed by atoms with Crippen molar-refractivity contribution in [3.05, 3.63) is 57.5 Å². The fourth-order valence-electron chi connectivity index (χ4n) is 2.11. The van der Waals surface area contributed by atoms with Crippen LogP contribution in [0.5, 0.6) is 5.75 Å². The van der Waals surface area contributed by atoms with E-state index in [2.05, 4.69) is 31.4 Å². The van der Waals surface area contributed by atoms with E-state index in [0.29, 0.717) is 26.6 Å². The second kappa shape index (κ2) is 7.28. The van der Waals surface area contributed by atoms with Gasteiger partial charge in [0.25, 0.3) is 5.91 Å². The minimum Gasteiger partial charge on any atom is -0.471 e. The summed E-state index contributed by atoms with van der Waals surface area (Å²) in [7, 11) is 1.78. The Bertz CT molecular complexity index is 921. The van der Waals surface area contributed by atoms with E-state index in [4.69, 9.17) is 16.3 Å². The maximum Gasteiger partial charge on any atom is 0.277 e. The molecule has 0 aliphatic carbocycles. The van der Waals surface area contributed by atoms with Gasteiger partial charge in [0, 0.05) is 12.1 Å². The Hall–Kier alpha value is -2.32. The van der Waals surface area contributed by atoms with Crippen molar-refractivity contribution in [2.75, 3.05) is 5.32 Å². The fourth-order valence-corrected chi connectivity index (χ4v) is 2.81. The molecule has 1 aromatic carbocycles. The molecule has 1 amide bonds. The Labute approximate surface area is 157 Å². The zero-order valence-electron chi connectivity index (χ0n) is 13.5. The number of benzene rings is 1. The van der Waals surface area contributed by atoms with E-state index in [9.17, 15) is 4.79 Å². The van der Waals surface area contributed by atoms with E-state index in [1.165, 1.54) is 0 Å². The number of aromatic nitrogens is 4. The smallest absolute Gasteiger partial charge is 0.277 e. The highest BCUT2D eigenvalue weighted by Crippen LogP contribution is 2.21. The summed E-state index contributed by atoms with van der Waals surface area (Å²) in [5, 5.41) is 11.7. The summed E-state index contributed by atoms with van der Waals surface area (Å²) in [4.78, 5) is 12.3. The van der Waals surface area contributed by atoms with Gasteiger partial charge in [-0.2, -0.15) is 10.2 Å². The first-order valence-corrected chi connectivity index (χ1v) is 8.52. The molecule has 7 nitrogen and oxygen atoms in total. The average molecular weight is 425 g/mol. The van der Waals surface area contributed by atoms with Crippen LogP contribution >= 0.6 is 27.5 Å². The van der Waals surface area contributed by atoms with Gasteiger partial charge in [0.15, 0.2) is 12.4 Å². The Morgan fingerprint density at radius 3 is 2.92 bits per heavy atom. The predicted molar refractivity (Wildman–Crippen MR) is 97.9 cm³/mol. The van der Waals surface area contributed by atoms with E-state index in [0.717, 1.165) is 5.69 Å². The van der Waals surface area contributed by atoms with Crippen molar-refractivity contribution >= 4 is 39.1 Å². The van der Waals surface area contributed by atoms with Gasteiger partial charge in [-0.3, -0.25) is 9.48 Å². The molecule has 0 aliphatic rings. The predicted octanol–water partition coefficient (Wildman–Crippen LogP) is 3.63. The minimum atomic E-state index is -0.314. The van der Waals surface area contributed by atoms with Gasteiger partial charge in [-0.1, -0.05) is 17.7 Å². The number of ether oxygens (including phenoxy) is 1. The number of hydrogen-bond donors (Lipinski definition) is 1. The zero-order chi connectivity index (χ0) is 18.0. The molecule has 3 aromatic rings. The number of nitrogens with zero attached hydrogens (tertiary/aromatic N) is 4. The third kappa shape index (κ3) is 4.02. The molecular formula is C16H15BrClN5O2. The Balaban J connectivity index is 1.63. The second-order valence-corrected chi connectivity index (χ2v) is 6.55. The summed E-state index contributed by atoms with van der Waals surface area (Å²) < 4.78 is 9.47. The van der Waals surface area contributed by atoms with Gasteiger partial charge in [-0.15, -0.1) is 0 Å². The Morgan fingerprint density at radius 2 is 2.24 bits per heavy atom. The summed E-state index contributed by atoms with van der Waals surface area (Å²) in [5.74, 6) is 0.326. The highest BCUT2D eigenvalue weighted by Gasteiger charge is 2.18. The van der Waals surface area contributed by atoms with Crippen LogP contribution in [0.3, 0.4) is 0 Å². The maximum atomic E-state index is 12.3. The maximum absolute atomic E-state index is 12.3. The number of amides is 1. The topological polar surface area (TPSA) is 74.0 Å². The molecule has 0 unspecified atom stereocenters. The molecule has 3 rings (SSSR count). The Kier molecular flexibility index (Phi) is 5.10. The van der Waals surface area contributed by atoms with Crippen molar-refractivity contribution in [3.63, 3.8) is 0 Å². The van der Waals surface area contributed by atoms with Crippen LogP contribution in [0.25, 0.3) is 0 Å². The van der Waals surface area contributed by atoms with Gasteiger partial charge in [0.2, 0.25) is 0 Å². The highest BCUT2D eigenvalue weighted by atomic mass is 79.9. The summed E-state index contributed by atoms with van der Waals surface area (Å²) >= 11 is 9.29. The highest BCUT2D eigenvalue weighted by molar-refractivity contribution is 9.10. The number of carbonyl (C=O) groups excluding carboxylic acids is 1. The molecular weight excluding hydrogens is 410 g/mol. The van der Waals surface area contributed by atoms with Crippen LogP contribution in [-0.2, 0) is 13.8 Å². The van der Waals surface area contributed by atoms with Crippen molar-refractivity contribution in [2.45, 2.75) is 13.7 Å². The number of aryl methyl sites for hydroxylation is 1. The van der Waals surface area contributed by atoms with Crippen molar-refractivity contribution in [3.8, 4) is 5.75 Å². The first-order valence-electron chi connectivity index (χ1n) is 7.35. The van der Waals surface area contributed by atoms with Crippen LogP contribution in [-0.4, -0.2) is 25.5 Å². The minimum absolute atomic E-state index is 0.197. The molecule has 0 radical (unpaired) electrons. The zero-order valence-corrected chi connectivity index (χ0v) is 15.9. The molecule has 2 heterocycles. The first-order chi connectivity index (χ1) is 11.9. The molecule has 0 atom stereocenters. The lowest BCUT2D eigenvalue weighted by atomic mass is 10.3. The van der Waals surface area contributed by atoms with Crippen molar-refractivity contribution in [2.24, 2.45) is 7.05 Å². The largest absolute Gasteiger partial charge is 0.471 e. The Morgan fingerprint density at radius 1 is 1.44 bits per heavy atom. The normalized spacial score (nSPS) is 10.7. The van der Waals surface area contributed by atoms with Crippen LogP contribution in [0.2, 0.25) is 5.02 Å². The summed E-state index contributed by atoms with van der Waals surface area (Å²) in [6, 6.07) is 7.10. The van der Waals surface area contributed by atoms with Gasteiger partial charge in [0.05, 0.1) is 28.2 Å². The van der Waals surface area contributed by atoms with Gasteiger partial charge < -0.3 is 10.1 Å². The second-order valence-electron chi connectivity index (χ2n) is 5.33. The number of nitrogens with one attached hydrogen (secondary N) is 1. The number of carbonyl (C=O) groups is 1. The quantitative estimate of drug-likeness (QED) is 0.679. The number of hydrogen-bond acceptors (Lipinski definition) is 4. The molecule has 0 bridgehead atoms. The van der Waals surface area contributed by atoms with Crippen LogP contribution in [0.1, 0.15) is 16.2 Å². The summed E-state index contributed by atoms with van der Waals surface area (Å²) in [6.45, 7) is 2.07. The van der Waals surface area contributed by atoms with E-state index in [-0.39, 0.29) is 12.6 Å². The average Bonchev–Trinajstić information content (AvgIpc) is 3.13. The number of anilines is 1. The molecule has 130 valence electrons. The molecule has 0 saturated carbocycles. The molecule has 25 heavy (non-hydrogen) atoms. The molecule has 2 aromatic heterocycles. The molecule has 9 heteroatoms. The van der Waals surface area contributed by atoms with E-state index >= 15 is 0 Å². The summed E-state index contributed by atoms with van der Waals surface area (Å²) in [5.41, 5.74) is 1.74. The van der Waals surface area contributed by atoms with Crippen LogP contribution < -0.4 is 10.1 Å². The first kappa shape index (κ1) is 17.5. The third-order valence-electron chi connectivity index (χ3n) is 3.53. The summed E-state index contributed by atoms with van der Waals surface area (Å²) in [6.07, 6.45) is 3.22. The van der Waals surface area contributed by atoms with Crippen LogP contribution in [0, 0.1) is 6.92 Å². The molecule has 0 aliphatic heterocycles. The fraction of sp³-hybridized carbons (Fsp3) is 0.188. The van der Waals surface area contributed by atoms with Crippen LogP contribution in [0.15, 0.2) is 41.1 Å². The van der Waals surface area contributed by atoms with Crippen LogP contribution in [0.4, 0.5) is 5.69 Å². The lowest BCUT2D eigenvalue weighted by Crippen LogP contribution is -2.13.